The van der Waals surface area contributed by atoms with E-state index >= 15 is 0 Å². The number of aliphatic hydroxyl groups is 2. The lowest BCUT2D eigenvalue weighted by Crippen LogP contribution is -3.00. The van der Waals surface area contributed by atoms with E-state index in [-0.39, 0.29) is 25.6 Å². The zero-order chi connectivity index (χ0) is 14.9. The summed E-state index contributed by atoms with van der Waals surface area (Å²) in [6.07, 6.45) is 15.2. The fourth-order valence-electron chi connectivity index (χ4n) is 2.82. The van der Waals surface area contributed by atoms with Crippen molar-refractivity contribution in [2.24, 2.45) is 5.92 Å². The van der Waals surface area contributed by atoms with Gasteiger partial charge in [-0.25, -0.2) is 0 Å². The molecule has 0 aliphatic heterocycles. The molecule has 0 aromatic carbocycles. The minimum atomic E-state index is 0. The monoisotopic (exact) mass is 323 g/mol. The largest absolute Gasteiger partial charge is 1.00 e. The third-order valence-corrected chi connectivity index (χ3v) is 4.18. The predicted molar refractivity (Wildman–Crippen MR) is 85.8 cm³/mol. The Morgan fingerprint density at radius 1 is 0.667 bits per heavy atom. The summed E-state index contributed by atoms with van der Waals surface area (Å²) in [5.41, 5.74) is 0. The van der Waals surface area contributed by atoms with Gasteiger partial charge in [-0.3, -0.25) is 0 Å². The highest BCUT2D eigenvalue weighted by molar-refractivity contribution is 4.59. The molecule has 0 fully saturated rings. The van der Waals surface area contributed by atoms with Crippen molar-refractivity contribution in [2.45, 2.75) is 77.0 Å². The predicted octanol–water partition coefficient (Wildman–Crippen LogP) is -0.534. The molecule has 0 spiro atoms. The molecule has 0 bridgehead atoms. The van der Waals surface area contributed by atoms with E-state index < -0.39 is 0 Å². The van der Waals surface area contributed by atoms with Crippen LogP contribution in [0.2, 0.25) is 0 Å². The van der Waals surface area contributed by atoms with E-state index in [1.165, 1.54) is 70.8 Å². The number of aliphatic hydroxyl groups excluding tert-OH is 2. The summed E-state index contributed by atoms with van der Waals surface area (Å²) in [5, 5.41) is 20.2. The van der Waals surface area contributed by atoms with Crippen LogP contribution in [0.1, 0.15) is 77.0 Å². The lowest BCUT2D eigenvalue weighted by molar-refractivity contribution is -0.627. The highest BCUT2D eigenvalue weighted by atomic mass is 35.5. The van der Waals surface area contributed by atoms with E-state index in [0.717, 1.165) is 12.8 Å². The van der Waals surface area contributed by atoms with E-state index in [1.807, 2.05) is 0 Å². The Bertz CT molecular complexity index is 176. The van der Waals surface area contributed by atoms with Crippen LogP contribution >= 0.6 is 0 Å². The molecule has 0 heterocycles. The second-order valence-corrected chi connectivity index (χ2v) is 6.06. The molecule has 130 valence electrons. The van der Waals surface area contributed by atoms with Crippen LogP contribution in [0, 0.1) is 5.92 Å². The van der Waals surface area contributed by atoms with Crippen molar-refractivity contribution in [1.82, 2.24) is 0 Å². The van der Waals surface area contributed by atoms with Gasteiger partial charge in [0.05, 0.1) is 13.6 Å². The molecule has 0 aliphatic carbocycles. The van der Waals surface area contributed by atoms with Crippen molar-refractivity contribution >= 4 is 0 Å². The second-order valence-electron chi connectivity index (χ2n) is 6.06. The summed E-state index contributed by atoms with van der Waals surface area (Å²) >= 11 is 0. The number of nitrogens with two attached hydrogens (primary N) is 1. The number of halogens is 1. The van der Waals surface area contributed by atoms with Crippen LogP contribution in [0.5, 0.6) is 0 Å². The Kier molecular flexibility index (Phi) is 22.5. The summed E-state index contributed by atoms with van der Waals surface area (Å²) in [7, 11) is 2.14. The molecular formula is C17H38ClNO2. The SMILES string of the molecule is C[NH2+]CCCCCCCCCCCC(CCO)CCO.[Cl-]. The minimum absolute atomic E-state index is 0. The Morgan fingerprint density at radius 3 is 1.52 bits per heavy atom. The average molecular weight is 324 g/mol. The molecule has 4 N–H and O–H groups in total. The van der Waals surface area contributed by atoms with Crippen molar-refractivity contribution in [3.63, 3.8) is 0 Å². The van der Waals surface area contributed by atoms with Gasteiger partial charge in [0.1, 0.15) is 0 Å². The summed E-state index contributed by atoms with van der Waals surface area (Å²) in [5.74, 6) is 0.528. The van der Waals surface area contributed by atoms with Crippen LogP contribution in [0.4, 0.5) is 0 Å². The first kappa shape index (κ1) is 23.4. The van der Waals surface area contributed by atoms with Crippen molar-refractivity contribution in [3.8, 4) is 0 Å². The van der Waals surface area contributed by atoms with Gasteiger partial charge in [0.2, 0.25) is 0 Å². The van der Waals surface area contributed by atoms with Gasteiger partial charge in [-0.1, -0.05) is 51.4 Å². The van der Waals surface area contributed by atoms with Gasteiger partial charge in [-0.15, -0.1) is 0 Å². The van der Waals surface area contributed by atoms with Crippen LogP contribution in [0.3, 0.4) is 0 Å². The zero-order valence-corrected chi connectivity index (χ0v) is 14.8. The maximum absolute atomic E-state index is 8.96. The Morgan fingerprint density at radius 2 is 1.10 bits per heavy atom. The van der Waals surface area contributed by atoms with Crippen LogP contribution < -0.4 is 17.7 Å². The second kappa shape index (κ2) is 20.2. The number of hydrogen-bond donors (Lipinski definition) is 3. The lowest BCUT2D eigenvalue weighted by Gasteiger charge is -2.13. The van der Waals surface area contributed by atoms with E-state index in [4.69, 9.17) is 10.2 Å². The van der Waals surface area contributed by atoms with Crippen LogP contribution in [-0.4, -0.2) is 37.0 Å². The Balaban J connectivity index is 0. The van der Waals surface area contributed by atoms with Crippen molar-refractivity contribution in [3.05, 3.63) is 0 Å². The van der Waals surface area contributed by atoms with Crippen molar-refractivity contribution < 1.29 is 27.9 Å². The lowest BCUT2D eigenvalue weighted by atomic mass is 9.94. The third kappa shape index (κ3) is 18.1. The first-order valence-corrected chi connectivity index (χ1v) is 8.84. The van der Waals surface area contributed by atoms with Crippen molar-refractivity contribution in [2.75, 3.05) is 26.8 Å². The smallest absolute Gasteiger partial charge is 0.0753 e. The van der Waals surface area contributed by atoms with Gasteiger partial charge in [-0.05, 0) is 31.6 Å². The fraction of sp³-hybridized carbons (Fsp3) is 1.00. The third-order valence-electron chi connectivity index (χ3n) is 4.18. The Labute approximate surface area is 138 Å². The van der Waals surface area contributed by atoms with E-state index in [0.29, 0.717) is 5.92 Å². The van der Waals surface area contributed by atoms with Crippen LogP contribution in [-0.2, 0) is 0 Å². The number of unbranched alkanes of at least 4 members (excludes halogenated alkanes) is 8. The van der Waals surface area contributed by atoms with Gasteiger partial charge >= 0.3 is 0 Å². The van der Waals surface area contributed by atoms with Gasteiger partial charge in [0.15, 0.2) is 0 Å². The fourth-order valence-corrected chi connectivity index (χ4v) is 2.82. The number of quaternary nitrogens is 1. The molecule has 21 heavy (non-hydrogen) atoms. The molecule has 0 unspecified atom stereocenters. The molecule has 0 aliphatic rings. The standard InChI is InChI=1S/C17H37NO2.ClH/c1-18-14-10-8-6-4-2-3-5-7-9-11-17(12-15-19)13-16-20;/h17-20H,2-16H2,1H3;1H. The molecule has 0 rings (SSSR count). The van der Waals surface area contributed by atoms with Crippen LogP contribution in [0.15, 0.2) is 0 Å². The summed E-state index contributed by atoms with van der Waals surface area (Å²) in [6.45, 7) is 1.81. The van der Waals surface area contributed by atoms with Crippen molar-refractivity contribution in [1.29, 1.82) is 0 Å². The topological polar surface area (TPSA) is 57.1 Å². The maximum Gasteiger partial charge on any atom is 0.0753 e. The molecule has 0 atom stereocenters. The summed E-state index contributed by atoms with van der Waals surface area (Å²) in [4.78, 5) is 0. The molecule has 0 radical (unpaired) electrons. The first-order valence-electron chi connectivity index (χ1n) is 8.84. The first-order chi connectivity index (χ1) is 9.85. The van der Waals surface area contributed by atoms with E-state index in [2.05, 4.69) is 12.4 Å². The van der Waals surface area contributed by atoms with Gasteiger partial charge in [-0.2, -0.15) is 0 Å². The van der Waals surface area contributed by atoms with Gasteiger partial charge in [0, 0.05) is 13.2 Å². The van der Waals surface area contributed by atoms with E-state index in [1.54, 1.807) is 0 Å². The normalized spacial score (nSPS) is 10.9. The summed E-state index contributed by atoms with van der Waals surface area (Å²) < 4.78 is 0. The molecule has 3 nitrogen and oxygen atoms in total. The van der Waals surface area contributed by atoms with Gasteiger partial charge < -0.3 is 27.9 Å². The molecule has 0 aromatic heterocycles. The van der Waals surface area contributed by atoms with Crippen LogP contribution in [0.25, 0.3) is 0 Å². The number of hydrogen-bond acceptors (Lipinski definition) is 2. The highest BCUT2D eigenvalue weighted by Gasteiger charge is 2.06. The summed E-state index contributed by atoms with van der Waals surface area (Å²) in [6, 6.07) is 0. The Hall–Kier alpha value is 0.170. The molecule has 0 saturated carbocycles. The molecule has 0 amide bonds. The maximum atomic E-state index is 8.96. The minimum Gasteiger partial charge on any atom is -1.00 e. The average Bonchev–Trinajstić information content (AvgIpc) is 2.45. The van der Waals surface area contributed by atoms with Gasteiger partial charge in [0.25, 0.3) is 0 Å². The zero-order valence-electron chi connectivity index (χ0n) is 14.0. The molecule has 4 heteroatoms. The molecule has 0 saturated heterocycles. The van der Waals surface area contributed by atoms with E-state index in [9.17, 15) is 0 Å². The quantitative estimate of drug-likeness (QED) is 0.334. The molecular weight excluding hydrogens is 286 g/mol. The number of rotatable bonds is 16. The molecule has 0 aromatic rings. The highest BCUT2D eigenvalue weighted by Crippen LogP contribution is 2.18.